The lowest BCUT2D eigenvalue weighted by atomic mass is 10.1. The summed E-state index contributed by atoms with van der Waals surface area (Å²) in [6.45, 7) is 5.96. The molecule has 30 heavy (non-hydrogen) atoms. The van der Waals surface area contributed by atoms with E-state index in [4.69, 9.17) is 23.2 Å². The monoisotopic (exact) mass is 452 g/mol. The SMILES string of the molecule is CC[C@@H](C)NC(=O)[C@@H](CC)N(Cc1ccc(F)cc1)C(=O)Cc1ccc(Cl)cc1Cl. The maximum absolute atomic E-state index is 13.3. The Morgan fingerprint density at radius 3 is 2.30 bits per heavy atom. The van der Waals surface area contributed by atoms with E-state index >= 15 is 0 Å². The number of nitrogens with zero attached hydrogens (tertiary/aromatic N) is 1. The van der Waals surface area contributed by atoms with Gasteiger partial charge in [0.25, 0.3) is 0 Å². The first-order valence-corrected chi connectivity index (χ1v) is 10.8. The van der Waals surface area contributed by atoms with E-state index in [9.17, 15) is 14.0 Å². The molecule has 162 valence electrons. The normalized spacial score (nSPS) is 12.9. The van der Waals surface area contributed by atoms with Crippen LogP contribution in [-0.4, -0.2) is 28.8 Å². The Bertz CT molecular complexity index is 874. The molecule has 0 spiro atoms. The number of carbonyl (C=O) groups excluding carboxylic acids is 2. The maximum Gasteiger partial charge on any atom is 0.243 e. The molecule has 4 nitrogen and oxygen atoms in total. The number of carbonyl (C=O) groups is 2. The van der Waals surface area contributed by atoms with Crippen LogP contribution in [0.1, 0.15) is 44.7 Å². The van der Waals surface area contributed by atoms with Gasteiger partial charge in [-0.15, -0.1) is 0 Å². The maximum atomic E-state index is 13.3. The molecule has 2 aromatic rings. The molecule has 2 rings (SSSR count). The van der Waals surface area contributed by atoms with Gasteiger partial charge in [0.1, 0.15) is 11.9 Å². The van der Waals surface area contributed by atoms with Crippen LogP contribution >= 0.6 is 23.2 Å². The van der Waals surface area contributed by atoms with Gasteiger partial charge in [-0.2, -0.15) is 0 Å². The molecular weight excluding hydrogens is 426 g/mol. The Labute approximate surface area is 187 Å². The Hall–Kier alpha value is -2.11. The van der Waals surface area contributed by atoms with E-state index in [1.165, 1.54) is 17.0 Å². The van der Waals surface area contributed by atoms with Crippen molar-refractivity contribution in [1.29, 1.82) is 0 Å². The van der Waals surface area contributed by atoms with Crippen molar-refractivity contribution in [2.75, 3.05) is 0 Å². The van der Waals surface area contributed by atoms with Crippen molar-refractivity contribution in [2.24, 2.45) is 0 Å². The molecule has 0 aliphatic carbocycles. The van der Waals surface area contributed by atoms with Crippen molar-refractivity contribution in [3.63, 3.8) is 0 Å². The van der Waals surface area contributed by atoms with Crippen molar-refractivity contribution in [3.8, 4) is 0 Å². The van der Waals surface area contributed by atoms with Gasteiger partial charge in [0, 0.05) is 22.6 Å². The summed E-state index contributed by atoms with van der Waals surface area (Å²) in [6, 6.07) is 10.2. The minimum absolute atomic E-state index is 0.0000304. The van der Waals surface area contributed by atoms with Crippen molar-refractivity contribution in [1.82, 2.24) is 10.2 Å². The quantitative estimate of drug-likeness (QED) is 0.553. The minimum Gasteiger partial charge on any atom is -0.352 e. The smallest absolute Gasteiger partial charge is 0.243 e. The van der Waals surface area contributed by atoms with E-state index < -0.39 is 6.04 Å². The average molecular weight is 453 g/mol. The highest BCUT2D eigenvalue weighted by atomic mass is 35.5. The van der Waals surface area contributed by atoms with Gasteiger partial charge in [-0.1, -0.05) is 55.2 Å². The summed E-state index contributed by atoms with van der Waals surface area (Å²) in [5, 5.41) is 3.84. The van der Waals surface area contributed by atoms with Gasteiger partial charge >= 0.3 is 0 Å². The number of rotatable bonds is 9. The van der Waals surface area contributed by atoms with Crippen molar-refractivity contribution in [2.45, 2.75) is 58.7 Å². The zero-order valence-electron chi connectivity index (χ0n) is 17.4. The van der Waals surface area contributed by atoms with E-state index in [-0.39, 0.29) is 36.6 Å². The number of hydrogen-bond acceptors (Lipinski definition) is 2. The van der Waals surface area contributed by atoms with Gasteiger partial charge in [-0.25, -0.2) is 4.39 Å². The van der Waals surface area contributed by atoms with Gasteiger partial charge in [0.15, 0.2) is 0 Å². The third kappa shape index (κ3) is 6.71. The van der Waals surface area contributed by atoms with E-state index in [2.05, 4.69) is 5.32 Å². The molecular formula is C23H27Cl2FN2O2. The predicted molar refractivity (Wildman–Crippen MR) is 119 cm³/mol. The second-order valence-corrected chi connectivity index (χ2v) is 8.15. The standard InChI is InChI=1S/C23H27Cl2FN2O2/c1-4-15(3)27-23(30)21(5-2)28(14-16-6-10-19(26)11-7-16)22(29)12-17-8-9-18(24)13-20(17)25/h6-11,13,15,21H,4-5,12,14H2,1-3H3,(H,27,30)/t15-,21-/m1/s1. The summed E-state index contributed by atoms with van der Waals surface area (Å²) in [5.74, 6) is -0.801. The summed E-state index contributed by atoms with van der Waals surface area (Å²) < 4.78 is 13.3. The largest absolute Gasteiger partial charge is 0.352 e. The molecule has 0 aliphatic heterocycles. The van der Waals surface area contributed by atoms with Gasteiger partial charge in [0.05, 0.1) is 6.42 Å². The molecule has 7 heteroatoms. The molecule has 0 fully saturated rings. The fourth-order valence-corrected chi connectivity index (χ4v) is 3.55. The van der Waals surface area contributed by atoms with Crippen LogP contribution in [-0.2, 0) is 22.6 Å². The third-order valence-corrected chi connectivity index (χ3v) is 5.60. The average Bonchev–Trinajstić information content (AvgIpc) is 2.71. The van der Waals surface area contributed by atoms with Crippen molar-refractivity contribution < 1.29 is 14.0 Å². The summed E-state index contributed by atoms with van der Waals surface area (Å²) >= 11 is 12.2. The molecule has 0 bridgehead atoms. The van der Waals surface area contributed by atoms with Crippen molar-refractivity contribution in [3.05, 3.63) is 69.5 Å². The first-order valence-electron chi connectivity index (χ1n) is 10.0. The fourth-order valence-electron chi connectivity index (χ4n) is 3.08. The predicted octanol–water partition coefficient (Wildman–Crippen LogP) is 5.40. The molecule has 0 aromatic heterocycles. The fraction of sp³-hybridized carbons (Fsp3) is 0.391. The van der Waals surface area contributed by atoms with Crippen LogP contribution in [0.25, 0.3) is 0 Å². The second kappa shape index (κ2) is 11.3. The van der Waals surface area contributed by atoms with Crippen LogP contribution in [0.5, 0.6) is 0 Å². The van der Waals surface area contributed by atoms with Crippen LogP contribution in [0.4, 0.5) is 4.39 Å². The molecule has 0 heterocycles. The number of hydrogen-bond donors (Lipinski definition) is 1. The molecule has 0 radical (unpaired) electrons. The lowest BCUT2D eigenvalue weighted by molar-refractivity contribution is -0.141. The molecule has 0 saturated carbocycles. The minimum atomic E-state index is -0.650. The van der Waals surface area contributed by atoms with E-state index in [0.29, 0.717) is 22.0 Å². The van der Waals surface area contributed by atoms with Crippen LogP contribution < -0.4 is 5.32 Å². The molecule has 0 saturated heterocycles. The number of benzene rings is 2. The summed E-state index contributed by atoms with van der Waals surface area (Å²) in [7, 11) is 0. The Morgan fingerprint density at radius 2 is 1.73 bits per heavy atom. The molecule has 1 N–H and O–H groups in total. The third-order valence-electron chi connectivity index (χ3n) is 5.01. The Balaban J connectivity index is 2.31. The van der Waals surface area contributed by atoms with E-state index in [1.807, 2.05) is 20.8 Å². The van der Waals surface area contributed by atoms with Gasteiger partial charge < -0.3 is 10.2 Å². The zero-order valence-corrected chi connectivity index (χ0v) is 18.9. The summed E-state index contributed by atoms with van der Waals surface area (Å²) in [4.78, 5) is 27.7. The number of amides is 2. The van der Waals surface area contributed by atoms with Crippen molar-refractivity contribution >= 4 is 35.0 Å². The molecule has 2 atom stereocenters. The summed E-state index contributed by atoms with van der Waals surface area (Å²) in [5.41, 5.74) is 1.37. The topological polar surface area (TPSA) is 49.4 Å². The van der Waals surface area contributed by atoms with E-state index in [0.717, 1.165) is 12.0 Å². The highest BCUT2D eigenvalue weighted by Crippen LogP contribution is 2.23. The molecule has 0 aliphatic rings. The lowest BCUT2D eigenvalue weighted by Crippen LogP contribution is -2.51. The van der Waals surface area contributed by atoms with Crippen LogP contribution in [0, 0.1) is 5.82 Å². The van der Waals surface area contributed by atoms with Crippen LogP contribution in [0.15, 0.2) is 42.5 Å². The highest BCUT2D eigenvalue weighted by molar-refractivity contribution is 6.35. The first-order chi connectivity index (χ1) is 14.2. The van der Waals surface area contributed by atoms with Crippen LogP contribution in [0.3, 0.4) is 0 Å². The lowest BCUT2D eigenvalue weighted by Gasteiger charge is -2.31. The van der Waals surface area contributed by atoms with Gasteiger partial charge in [0.2, 0.25) is 11.8 Å². The molecule has 2 aromatic carbocycles. The van der Waals surface area contributed by atoms with Gasteiger partial charge in [-0.05, 0) is 55.2 Å². The van der Waals surface area contributed by atoms with Gasteiger partial charge in [-0.3, -0.25) is 9.59 Å². The number of nitrogens with one attached hydrogen (secondary N) is 1. The highest BCUT2D eigenvalue weighted by Gasteiger charge is 2.29. The summed E-state index contributed by atoms with van der Waals surface area (Å²) in [6.07, 6.45) is 1.27. The zero-order chi connectivity index (χ0) is 22.3. The molecule has 2 amide bonds. The number of halogens is 3. The first kappa shape index (κ1) is 24.2. The van der Waals surface area contributed by atoms with E-state index in [1.54, 1.807) is 30.3 Å². The Kier molecular flexibility index (Phi) is 9.12. The molecule has 0 unspecified atom stereocenters. The van der Waals surface area contributed by atoms with Crippen LogP contribution in [0.2, 0.25) is 10.0 Å². The second-order valence-electron chi connectivity index (χ2n) is 7.30. The Morgan fingerprint density at radius 1 is 1.07 bits per heavy atom.